The van der Waals surface area contributed by atoms with Gasteiger partial charge in [0.25, 0.3) is 0 Å². The summed E-state index contributed by atoms with van der Waals surface area (Å²) in [4.78, 5) is 0. The molecule has 33 heavy (non-hydrogen) atoms. The van der Waals surface area contributed by atoms with Gasteiger partial charge in [-0.15, -0.1) is 10.2 Å². The molecule has 0 aliphatic rings. The fraction of sp³-hybridized carbons (Fsp3) is 0.227. The number of aryl methyl sites for hydroxylation is 2. The van der Waals surface area contributed by atoms with Gasteiger partial charge in [-0.25, -0.2) is 8.78 Å². The molecule has 0 fully saturated rings. The lowest BCUT2D eigenvalue weighted by Crippen LogP contribution is -2.07. The highest BCUT2D eigenvalue weighted by Gasteiger charge is 2.23. The van der Waals surface area contributed by atoms with Gasteiger partial charge in [-0.1, -0.05) is 12.1 Å². The average molecular weight is 473 g/mol. The fourth-order valence-electron chi connectivity index (χ4n) is 3.32. The Kier molecular flexibility index (Phi) is 6.78. The number of benzene rings is 2. The molecule has 2 aromatic carbocycles. The molecular weight excluding hydrogens is 450 g/mol. The molecule has 0 spiro atoms. The van der Waals surface area contributed by atoms with Gasteiger partial charge in [-0.3, -0.25) is 14.0 Å². The molecule has 2 heterocycles. The Labute approximate surface area is 193 Å². The average Bonchev–Trinajstić information content (AvgIpc) is 3.43. The van der Waals surface area contributed by atoms with Crippen molar-refractivity contribution in [3.8, 4) is 28.7 Å². The van der Waals surface area contributed by atoms with E-state index in [1.165, 1.54) is 24.1 Å². The molecule has 0 aliphatic heterocycles. The molecule has 0 radical (unpaired) electrons. The van der Waals surface area contributed by atoms with Crippen LogP contribution in [-0.4, -0.2) is 44.5 Å². The van der Waals surface area contributed by atoms with E-state index in [2.05, 4.69) is 20.0 Å². The molecule has 0 saturated heterocycles. The Bertz CT molecular complexity index is 1240. The van der Waals surface area contributed by atoms with E-state index in [4.69, 9.17) is 9.47 Å². The van der Waals surface area contributed by atoms with Gasteiger partial charge < -0.3 is 9.47 Å². The van der Waals surface area contributed by atoms with E-state index in [0.717, 1.165) is 6.07 Å². The number of rotatable bonds is 9. The molecule has 0 aliphatic carbocycles. The van der Waals surface area contributed by atoms with Crippen LogP contribution >= 0.6 is 11.9 Å². The van der Waals surface area contributed by atoms with E-state index in [0.29, 0.717) is 52.4 Å². The van der Waals surface area contributed by atoms with Crippen LogP contribution in [0.25, 0.3) is 17.2 Å². The number of aromatic nitrogens is 5. The Morgan fingerprint density at radius 1 is 1.03 bits per heavy atom. The number of hydrogen-bond donors (Lipinski definition) is 1. The molecule has 4 rings (SSSR count). The third kappa shape index (κ3) is 4.77. The van der Waals surface area contributed by atoms with E-state index in [-0.39, 0.29) is 0 Å². The standard InChI is InChI=1S/C22H22F2N6O2S/c1-29-11-9-17(27-29)21-25-26-22(28-33-12-10-14-7-8-15(23)13-16(14)24)30(21)20-18(31-2)5-4-6-19(20)32-3/h4-9,11,13H,10,12H2,1-3H3,(H,26,28). The predicted molar refractivity (Wildman–Crippen MR) is 123 cm³/mol. The Hall–Kier alpha value is -3.60. The third-order valence-electron chi connectivity index (χ3n) is 4.88. The lowest BCUT2D eigenvalue weighted by Gasteiger charge is -2.17. The van der Waals surface area contributed by atoms with E-state index < -0.39 is 11.6 Å². The molecule has 0 bridgehead atoms. The molecule has 0 amide bonds. The van der Waals surface area contributed by atoms with Gasteiger partial charge in [-0.05, 0) is 48.2 Å². The zero-order valence-electron chi connectivity index (χ0n) is 18.2. The highest BCUT2D eigenvalue weighted by atomic mass is 32.2. The second kappa shape index (κ2) is 9.90. The second-order valence-corrected chi connectivity index (χ2v) is 7.91. The largest absolute Gasteiger partial charge is 0.494 e. The van der Waals surface area contributed by atoms with Crippen molar-refractivity contribution >= 4 is 17.9 Å². The molecule has 1 N–H and O–H groups in total. The van der Waals surface area contributed by atoms with Crippen LogP contribution in [0.4, 0.5) is 14.7 Å². The molecule has 4 aromatic rings. The minimum atomic E-state index is -0.595. The number of halogens is 2. The van der Waals surface area contributed by atoms with E-state index in [1.807, 2.05) is 37.5 Å². The minimum Gasteiger partial charge on any atom is -0.494 e. The number of methoxy groups -OCH3 is 2. The van der Waals surface area contributed by atoms with Crippen molar-refractivity contribution in [3.63, 3.8) is 0 Å². The molecule has 0 saturated carbocycles. The van der Waals surface area contributed by atoms with Crippen LogP contribution in [-0.2, 0) is 13.5 Å². The first-order valence-electron chi connectivity index (χ1n) is 10.0. The van der Waals surface area contributed by atoms with Gasteiger partial charge in [0.2, 0.25) is 5.95 Å². The Morgan fingerprint density at radius 2 is 1.79 bits per heavy atom. The van der Waals surface area contributed by atoms with Gasteiger partial charge in [0.05, 0.1) is 14.2 Å². The number of anilines is 1. The summed E-state index contributed by atoms with van der Waals surface area (Å²) >= 11 is 1.32. The first-order chi connectivity index (χ1) is 16.0. The SMILES string of the molecule is COc1cccc(OC)c1-n1c(NSCCc2ccc(F)cc2F)nnc1-c1ccn(C)n1. The molecule has 8 nitrogen and oxygen atoms in total. The zero-order chi connectivity index (χ0) is 23.4. The number of nitrogens with one attached hydrogen (secondary N) is 1. The lowest BCUT2D eigenvalue weighted by molar-refractivity contribution is 0.391. The first-order valence-corrected chi connectivity index (χ1v) is 11.0. The van der Waals surface area contributed by atoms with Crippen molar-refractivity contribution < 1.29 is 18.3 Å². The smallest absolute Gasteiger partial charge is 0.239 e. The van der Waals surface area contributed by atoms with Crippen LogP contribution in [0, 0.1) is 11.6 Å². The number of nitrogens with zero attached hydrogens (tertiary/aromatic N) is 5. The molecular formula is C22H22F2N6O2S. The third-order valence-corrected chi connectivity index (χ3v) is 5.62. The quantitative estimate of drug-likeness (QED) is 0.288. The van der Waals surface area contributed by atoms with Gasteiger partial charge >= 0.3 is 0 Å². The van der Waals surface area contributed by atoms with Crippen LogP contribution in [0.15, 0.2) is 48.7 Å². The summed E-state index contributed by atoms with van der Waals surface area (Å²) < 4.78 is 44.8. The highest BCUT2D eigenvalue weighted by Crippen LogP contribution is 2.37. The van der Waals surface area contributed by atoms with Gasteiger partial charge in [0, 0.05) is 25.1 Å². The molecule has 11 heteroatoms. The first kappa shape index (κ1) is 22.6. The van der Waals surface area contributed by atoms with Crippen molar-refractivity contribution in [2.75, 3.05) is 24.7 Å². The maximum Gasteiger partial charge on any atom is 0.239 e. The van der Waals surface area contributed by atoms with Crippen molar-refractivity contribution in [2.45, 2.75) is 6.42 Å². The molecule has 2 aromatic heterocycles. The van der Waals surface area contributed by atoms with Gasteiger partial charge in [-0.2, -0.15) is 5.10 Å². The summed E-state index contributed by atoms with van der Waals surface area (Å²) in [6.07, 6.45) is 2.22. The van der Waals surface area contributed by atoms with E-state index >= 15 is 0 Å². The summed E-state index contributed by atoms with van der Waals surface area (Å²) in [7, 11) is 4.96. The van der Waals surface area contributed by atoms with Crippen molar-refractivity contribution in [2.24, 2.45) is 7.05 Å². The maximum absolute atomic E-state index is 13.9. The van der Waals surface area contributed by atoms with Crippen molar-refractivity contribution in [3.05, 3.63) is 65.9 Å². The summed E-state index contributed by atoms with van der Waals surface area (Å²) in [6, 6.07) is 10.9. The summed E-state index contributed by atoms with van der Waals surface area (Å²) in [5, 5.41) is 13.1. The van der Waals surface area contributed by atoms with Crippen LogP contribution in [0.3, 0.4) is 0 Å². The number of hydrogen-bond acceptors (Lipinski definition) is 7. The molecule has 172 valence electrons. The molecule has 0 unspecified atom stereocenters. The van der Waals surface area contributed by atoms with Crippen LogP contribution in [0.2, 0.25) is 0 Å². The lowest BCUT2D eigenvalue weighted by atomic mass is 10.1. The van der Waals surface area contributed by atoms with Gasteiger partial charge in [0.1, 0.15) is 34.5 Å². The Morgan fingerprint density at radius 3 is 2.42 bits per heavy atom. The van der Waals surface area contributed by atoms with Crippen molar-refractivity contribution in [1.82, 2.24) is 24.5 Å². The predicted octanol–water partition coefficient (Wildman–Crippen LogP) is 4.27. The summed E-state index contributed by atoms with van der Waals surface area (Å²) in [6.45, 7) is 0. The Balaban J connectivity index is 1.65. The van der Waals surface area contributed by atoms with Crippen molar-refractivity contribution in [1.29, 1.82) is 0 Å². The fourth-order valence-corrected chi connectivity index (χ4v) is 4.00. The second-order valence-electron chi connectivity index (χ2n) is 7.00. The summed E-state index contributed by atoms with van der Waals surface area (Å²) in [5.74, 6) is 1.39. The normalized spacial score (nSPS) is 10.9. The maximum atomic E-state index is 13.9. The van der Waals surface area contributed by atoms with Crippen LogP contribution in [0.5, 0.6) is 11.5 Å². The highest BCUT2D eigenvalue weighted by molar-refractivity contribution is 8.00. The van der Waals surface area contributed by atoms with E-state index in [1.54, 1.807) is 23.5 Å². The number of para-hydroxylation sites is 1. The molecule has 0 atom stereocenters. The minimum absolute atomic E-state index is 0.406. The van der Waals surface area contributed by atoms with Crippen LogP contribution in [0.1, 0.15) is 5.56 Å². The number of ether oxygens (including phenoxy) is 2. The topological polar surface area (TPSA) is 79.0 Å². The summed E-state index contributed by atoms with van der Waals surface area (Å²) in [5.41, 5.74) is 1.66. The van der Waals surface area contributed by atoms with E-state index in [9.17, 15) is 8.78 Å². The van der Waals surface area contributed by atoms with Crippen LogP contribution < -0.4 is 14.2 Å². The zero-order valence-corrected chi connectivity index (χ0v) is 19.1. The van der Waals surface area contributed by atoms with Gasteiger partial charge in [0.15, 0.2) is 5.82 Å². The monoisotopic (exact) mass is 472 g/mol.